The Bertz CT molecular complexity index is 3470. The highest BCUT2D eigenvalue weighted by Gasteiger charge is 2.18. The fourth-order valence-electron chi connectivity index (χ4n) is 9.01. The molecule has 4 heteroatoms. The summed E-state index contributed by atoms with van der Waals surface area (Å²) in [4.78, 5) is 4.60. The van der Waals surface area contributed by atoms with Gasteiger partial charge >= 0.3 is 0 Å². The average molecular weight is 837 g/mol. The van der Waals surface area contributed by atoms with Gasteiger partial charge in [-0.05, 0) is 114 Å². The Kier molecular flexibility index (Phi) is 10.2. The monoisotopic (exact) mass is 836 g/mol. The fourth-order valence-corrected chi connectivity index (χ4v) is 9.01. The second-order valence-corrected chi connectivity index (χ2v) is 16.2. The molecule has 9 aromatic carbocycles. The number of nitrogens with zero attached hydrogens (tertiary/aromatic N) is 2. The average Bonchev–Trinajstić information content (AvgIpc) is 3.92. The molecule has 11 rings (SSSR count). The van der Waals surface area contributed by atoms with Crippen LogP contribution in [0.4, 0.5) is 34.1 Å². The van der Waals surface area contributed by atoms with E-state index in [0.717, 1.165) is 112 Å². The molecule has 0 atom stereocenters. The van der Waals surface area contributed by atoms with Crippen molar-refractivity contribution in [1.29, 1.82) is 0 Å². The van der Waals surface area contributed by atoms with Crippen LogP contribution in [0, 0.1) is 6.92 Å². The lowest BCUT2D eigenvalue weighted by Crippen LogP contribution is -2.10. The highest BCUT2D eigenvalue weighted by Crippen LogP contribution is 2.42. The molecule has 0 unspecified atom stereocenters. The minimum Gasteiger partial charge on any atom is -0.456 e. The predicted molar refractivity (Wildman–Crippen MR) is 273 cm³/mol. The van der Waals surface area contributed by atoms with E-state index in [9.17, 15) is 0 Å². The van der Waals surface area contributed by atoms with Crippen molar-refractivity contribution in [1.82, 2.24) is 0 Å². The highest BCUT2D eigenvalue weighted by atomic mass is 16.3. The van der Waals surface area contributed by atoms with Gasteiger partial charge in [0.25, 0.3) is 0 Å². The third-order valence-corrected chi connectivity index (χ3v) is 12.3. The van der Waals surface area contributed by atoms with Gasteiger partial charge in [0.15, 0.2) is 0 Å². The van der Waals surface area contributed by atoms with Crippen LogP contribution in [0.15, 0.2) is 246 Å². The van der Waals surface area contributed by atoms with Crippen LogP contribution in [0.3, 0.4) is 0 Å². The SMILES string of the molecule is C=C/C=C\c1oc2c(-c3ccc(N(c4ccccc4)c4ccc(-c5ccc(N(c6ccccc6)c6ccc(-c7cccc8c7oc7ccccc78)cc6)cc5)cc4)cc3)cccc2c1C. The number of anilines is 6. The standard InChI is InChI=1S/C61H44N2O2/c1-3-4-24-58-42(2)53-20-13-21-54(60(53)64-58)45-30-38-51(39-31-45)62(47-15-7-5-8-16-47)49-34-26-43(27-35-49)44-28-36-50(37-29-44)63(48-17-9-6-10-18-48)52-40-32-46(33-41-52)55-22-14-23-57-56-19-11-12-25-59(56)65-61(55)57/h3-41H,1H2,2H3/b24-4-. The molecule has 0 radical (unpaired) electrons. The summed E-state index contributed by atoms with van der Waals surface area (Å²) < 4.78 is 12.8. The summed E-state index contributed by atoms with van der Waals surface area (Å²) in [5.74, 6) is 0.851. The molecule has 0 spiro atoms. The largest absolute Gasteiger partial charge is 0.456 e. The number of aryl methyl sites for hydroxylation is 1. The molecule has 65 heavy (non-hydrogen) atoms. The van der Waals surface area contributed by atoms with Gasteiger partial charge in [-0.3, -0.25) is 0 Å². The Morgan fingerprint density at radius 1 is 0.369 bits per heavy atom. The topological polar surface area (TPSA) is 32.8 Å². The van der Waals surface area contributed by atoms with E-state index in [2.05, 4.69) is 230 Å². The minimum absolute atomic E-state index is 0.851. The molecule has 310 valence electrons. The van der Waals surface area contributed by atoms with E-state index >= 15 is 0 Å². The molecule has 0 amide bonds. The van der Waals surface area contributed by atoms with Gasteiger partial charge in [-0.2, -0.15) is 0 Å². The highest BCUT2D eigenvalue weighted by molar-refractivity contribution is 6.09. The van der Waals surface area contributed by atoms with Gasteiger partial charge in [-0.1, -0.05) is 158 Å². The number of fused-ring (bicyclic) bond motifs is 4. The molecular weight excluding hydrogens is 793 g/mol. The molecule has 11 aromatic rings. The first-order valence-corrected chi connectivity index (χ1v) is 21.9. The minimum atomic E-state index is 0.851. The van der Waals surface area contributed by atoms with Crippen molar-refractivity contribution < 1.29 is 8.83 Å². The van der Waals surface area contributed by atoms with E-state index in [4.69, 9.17) is 8.83 Å². The van der Waals surface area contributed by atoms with Crippen molar-refractivity contribution in [3.63, 3.8) is 0 Å². The van der Waals surface area contributed by atoms with Gasteiger partial charge in [0.2, 0.25) is 0 Å². The summed E-state index contributed by atoms with van der Waals surface area (Å²) in [7, 11) is 0. The summed E-state index contributed by atoms with van der Waals surface area (Å²) in [6, 6.07) is 77.2. The van der Waals surface area contributed by atoms with Crippen LogP contribution in [0.5, 0.6) is 0 Å². The lowest BCUT2D eigenvalue weighted by atomic mass is 10.0. The molecule has 0 fully saturated rings. The first-order valence-electron chi connectivity index (χ1n) is 21.9. The molecule has 0 saturated heterocycles. The normalized spacial score (nSPS) is 11.5. The number of hydrogen-bond acceptors (Lipinski definition) is 4. The van der Waals surface area contributed by atoms with Gasteiger partial charge in [0, 0.05) is 67.0 Å². The van der Waals surface area contributed by atoms with Crippen molar-refractivity contribution >= 4 is 73.1 Å². The number of furan rings is 2. The Labute approximate surface area is 378 Å². The maximum absolute atomic E-state index is 6.40. The zero-order valence-corrected chi connectivity index (χ0v) is 35.9. The molecule has 0 saturated carbocycles. The van der Waals surface area contributed by atoms with Crippen LogP contribution >= 0.6 is 0 Å². The third kappa shape index (κ3) is 7.37. The lowest BCUT2D eigenvalue weighted by molar-refractivity contribution is 0.602. The van der Waals surface area contributed by atoms with Crippen molar-refractivity contribution in [3.8, 4) is 33.4 Å². The smallest absolute Gasteiger partial charge is 0.143 e. The van der Waals surface area contributed by atoms with Gasteiger partial charge in [0.1, 0.15) is 22.5 Å². The first kappa shape index (κ1) is 39.3. The van der Waals surface area contributed by atoms with Crippen LogP contribution in [-0.2, 0) is 0 Å². The molecule has 0 aliphatic carbocycles. The Hall–Kier alpha value is -8.60. The second-order valence-electron chi connectivity index (χ2n) is 16.2. The Balaban J connectivity index is 0.876. The zero-order chi connectivity index (χ0) is 43.7. The van der Waals surface area contributed by atoms with Crippen LogP contribution in [-0.4, -0.2) is 0 Å². The van der Waals surface area contributed by atoms with Gasteiger partial charge < -0.3 is 18.6 Å². The quantitative estimate of drug-likeness (QED) is 0.122. The number of para-hydroxylation sites is 5. The van der Waals surface area contributed by atoms with E-state index in [1.807, 2.05) is 24.3 Å². The number of hydrogen-bond donors (Lipinski definition) is 0. The van der Waals surface area contributed by atoms with Crippen LogP contribution in [0.2, 0.25) is 0 Å². The predicted octanol–water partition coefficient (Wildman–Crippen LogP) is 17.8. The molecule has 0 bridgehead atoms. The van der Waals surface area contributed by atoms with Crippen LogP contribution in [0.1, 0.15) is 11.3 Å². The molecule has 2 heterocycles. The number of benzene rings is 9. The lowest BCUT2D eigenvalue weighted by Gasteiger charge is -2.26. The summed E-state index contributed by atoms with van der Waals surface area (Å²) in [6.45, 7) is 5.92. The van der Waals surface area contributed by atoms with E-state index in [-0.39, 0.29) is 0 Å². The fraction of sp³-hybridized carbons (Fsp3) is 0.0164. The second kappa shape index (κ2) is 16.9. The van der Waals surface area contributed by atoms with Crippen molar-refractivity contribution in [3.05, 3.63) is 248 Å². The first-order chi connectivity index (χ1) is 32.1. The van der Waals surface area contributed by atoms with Crippen molar-refractivity contribution in [2.24, 2.45) is 0 Å². The van der Waals surface area contributed by atoms with E-state index < -0.39 is 0 Å². The molecule has 0 aliphatic rings. The molecule has 2 aromatic heterocycles. The third-order valence-electron chi connectivity index (χ3n) is 12.3. The maximum atomic E-state index is 6.40. The summed E-state index contributed by atoms with van der Waals surface area (Å²) in [5.41, 5.74) is 16.9. The van der Waals surface area contributed by atoms with Gasteiger partial charge in [0.05, 0.1) is 0 Å². The number of rotatable bonds is 11. The zero-order valence-electron chi connectivity index (χ0n) is 35.9. The molecular formula is C61H44N2O2. The number of allylic oxidation sites excluding steroid dienone is 2. The molecule has 0 aliphatic heterocycles. The summed E-state index contributed by atoms with van der Waals surface area (Å²) in [6.07, 6.45) is 5.65. The van der Waals surface area contributed by atoms with Crippen LogP contribution in [0.25, 0.3) is 72.4 Å². The Morgan fingerprint density at radius 3 is 1.26 bits per heavy atom. The van der Waals surface area contributed by atoms with Crippen molar-refractivity contribution in [2.45, 2.75) is 6.92 Å². The van der Waals surface area contributed by atoms with Crippen molar-refractivity contribution in [2.75, 3.05) is 9.80 Å². The van der Waals surface area contributed by atoms with E-state index in [0.29, 0.717) is 0 Å². The maximum Gasteiger partial charge on any atom is 0.143 e. The summed E-state index contributed by atoms with van der Waals surface area (Å²) in [5, 5.41) is 3.38. The Morgan fingerprint density at radius 2 is 0.769 bits per heavy atom. The molecule has 0 N–H and O–H groups in total. The van der Waals surface area contributed by atoms with E-state index in [1.54, 1.807) is 6.08 Å². The van der Waals surface area contributed by atoms with Crippen LogP contribution < -0.4 is 9.80 Å². The summed E-state index contributed by atoms with van der Waals surface area (Å²) >= 11 is 0. The van der Waals surface area contributed by atoms with E-state index in [1.165, 1.54) is 0 Å². The van der Waals surface area contributed by atoms with Gasteiger partial charge in [-0.15, -0.1) is 0 Å². The molecule has 4 nitrogen and oxygen atoms in total. The van der Waals surface area contributed by atoms with Gasteiger partial charge in [-0.25, -0.2) is 0 Å².